The van der Waals surface area contributed by atoms with Crippen molar-refractivity contribution >= 4 is 5.91 Å². The Morgan fingerprint density at radius 3 is 2.06 bits per heavy atom. The lowest BCUT2D eigenvalue weighted by Gasteiger charge is -2.49. The highest BCUT2D eigenvalue weighted by molar-refractivity contribution is 5.95. The summed E-state index contributed by atoms with van der Waals surface area (Å²) in [5.41, 5.74) is 0.506. The monoisotopic (exact) mass is 438 g/mol. The van der Waals surface area contributed by atoms with E-state index in [4.69, 9.17) is 0 Å². The molecule has 9 heteroatoms. The SMILES string of the molecule is O=C1c2c(O)c(=O)cnn2C(C(c2ccc(F)cc2)c2ccc(F)cc2)N2CCCCN12. The van der Waals surface area contributed by atoms with Crippen LogP contribution in [0.1, 0.15) is 46.5 Å². The van der Waals surface area contributed by atoms with Crippen molar-refractivity contribution in [2.24, 2.45) is 0 Å². The maximum absolute atomic E-state index is 13.7. The second-order valence-electron chi connectivity index (χ2n) is 7.94. The molecule has 1 atom stereocenters. The van der Waals surface area contributed by atoms with Gasteiger partial charge in [-0.25, -0.2) is 13.5 Å². The number of fused-ring (bicyclic) bond motifs is 2. The van der Waals surface area contributed by atoms with Gasteiger partial charge in [0, 0.05) is 19.0 Å². The van der Waals surface area contributed by atoms with E-state index >= 15 is 0 Å². The predicted octanol–water partition coefficient (Wildman–Crippen LogP) is 3.02. The average Bonchev–Trinajstić information content (AvgIpc) is 2.80. The quantitative estimate of drug-likeness (QED) is 0.680. The van der Waals surface area contributed by atoms with Crippen LogP contribution in [0.4, 0.5) is 8.78 Å². The minimum atomic E-state index is -0.742. The number of rotatable bonds is 3. The molecule has 5 rings (SSSR count). The molecule has 1 N–H and O–H groups in total. The third-order valence-electron chi connectivity index (χ3n) is 6.05. The molecule has 1 unspecified atom stereocenters. The molecule has 7 nitrogen and oxygen atoms in total. The van der Waals surface area contributed by atoms with Gasteiger partial charge in [0.15, 0.2) is 11.4 Å². The molecule has 3 heterocycles. The van der Waals surface area contributed by atoms with Gasteiger partial charge < -0.3 is 5.11 Å². The van der Waals surface area contributed by atoms with Gasteiger partial charge in [0.2, 0.25) is 5.43 Å². The summed E-state index contributed by atoms with van der Waals surface area (Å²) in [6, 6.07) is 11.9. The van der Waals surface area contributed by atoms with Crippen LogP contribution < -0.4 is 5.43 Å². The van der Waals surface area contributed by atoms with Crippen LogP contribution in [0.2, 0.25) is 0 Å². The molecule has 1 fully saturated rings. The van der Waals surface area contributed by atoms with E-state index in [0.29, 0.717) is 24.2 Å². The molecule has 164 valence electrons. The van der Waals surface area contributed by atoms with Gasteiger partial charge >= 0.3 is 0 Å². The third kappa shape index (κ3) is 3.25. The molecule has 2 aromatic carbocycles. The van der Waals surface area contributed by atoms with Crippen molar-refractivity contribution in [3.05, 3.63) is 93.4 Å². The molecule has 1 amide bonds. The molecule has 0 spiro atoms. The van der Waals surface area contributed by atoms with E-state index in [9.17, 15) is 23.5 Å². The molecule has 2 aliphatic rings. The van der Waals surface area contributed by atoms with Gasteiger partial charge in [0.1, 0.15) is 17.8 Å². The Kier molecular flexibility index (Phi) is 4.97. The molecule has 1 saturated heterocycles. The summed E-state index contributed by atoms with van der Waals surface area (Å²) in [6.07, 6.45) is 1.94. The first kappa shape index (κ1) is 20.3. The molecule has 0 saturated carbocycles. The van der Waals surface area contributed by atoms with Gasteiger partial charge in [-0.05, 0) is 48.2 Å². The van der Waals surface area contributed by atoms with Crippen LogP contribution in [-0.4, -0.2) is 43.9 Å². The fraction of sp³-hybridized carbons (Fsp3) is 0.261. The Hall–Kier alpha value is -3.59. The molecule has 0 radical (unpaired) electrons. The Bertz CT molecular complexity index is 1180. The zero-order valence-corrected chi connectivity index (χ0v) is 17.0. The summed E-state index contributed by atoms with van der Waals surface area (Å²) in [5, 5.41) is 18.1. The average molecular weight is 438 g/mol. The highest BCUT2D eigenvalue weighted by atomic mass is 19.1. The molecule has 3 aromatic rings. The molecule has 0 aliphatic carbocycles. The number of aromatic hydroxyl groups is 1. The van der Waals surface area contributed by atoms with Crippen molar-refractivity contribution in [1.82, 2.24) is 19.8 Å². The lowest BCUT2D eigenvalue weighted by atomic mass is 9.87. The number of benzene rings is 2. The summed E-state index contributed by atoms with van der Waals surface area (Å²) in [5.74, 6) is -2.45. The number of carbonyl (C=O) groups excluding carboxylic acids is 1. The van der Waals surface area contributed by atoms with Gasteiger partial charge in [0.05, 0.1) is 6.20 Å². The molecular formula is C23H20F2N4O3. The first-order valence-electron chi connectivity index (χ1n) is 10.4. The van der Waals surface area contributed by atoms with Crippen LogP contribution in [0.15, 0.2) is 59.5 Å². The summed E-state index contributed by atoms with van der Waals surface area (Å²) < 4.78 is 28.8. The van der Waals surface area contributed by atoms with Crippen molar-refractivity contribution in [2.45, 2.75) is 24.9 Å². The Morgan fingerprint density at radius 1 is 0.906 bits per heavy atom. The smallest absolute Gasteiger partial charge is 0.290 e. The highest BCUT2D eigenvalue weighted by Gasteiger charge is 2.45. The fourth-order valence-electron chi connectivity index (χ4n) is 4.58. The maximum Gasteiger partial charge on any atom is 0.290 e. The normalized spacial score (nSPS) is 18.5. The van der Waals surface area contributed by atoms with Gasteiger partial charge in [-0.1, -0.05) is 24.3 Å². The van der Waals surface area contributed by atoms with E-state index in [-0.39, 0.29) is 5.69 Å². The van der Waals surface area contributed by atoms with Crippen LogP contribution in [0, 0.1) is 11.6 Å². The van der Waals surface area contributed by atoms with Crippen molar-refractivity contribution in [3.8, 4) is 5.75 Å². The van der Waals surface area contributed by atoms with E-state index in [1.165, 1.54) is 34.0 Å². The maximum atomic E-state index is 13.7. The van der Waals surface area contributed by atoms with E-state index in [1.54, 1.807) is 24.3 Å². The Balaban J connectivity index is 1.77. The fourth-order valence-corrected chi connectivity index (χ4v) is 4.58. The number of nitrogens with zero attached hydrogens (tertiary/aromatic N) is 4. The second kappa shape index (κ2) is 7.83. The van der Waals surface area contributed by atoms with E-state index in [2.05, 4.69) is 5.10 Å². The topological polar surface area (TPSA) is 78.7 Å². The van der Waals surface area contributed by atoms with Gasteiger partial charge in [-0.2, -0.15) is 10.1 Å². The van der Waals surface area contributed by atoms with Gasteiger partial charge in [-0.15, -0.1) is 0 Å². The highest BCUT2D eigenvalue weighted by Crippen LogP contribution is 2.43. The summed E-state index contributed by atoms with van der Waals surface area (Å²) in [7, 11) is 0. The van der Waals surface area contributed by atoms with Crippen molar-refractivity contribution in [3.63, 3.8) is 0 Å². The zero-order chi connectivity index (χ0) is 22.4. The van der Waals surface area contributed by atoms with Gasteiger partial charge in [-0.3, -0.25) is 14.6 Å². The zero-order valence-electron chi connectivity index (χ0n) is 17.0. The van der Waals surface area contributed by atoms with Crippen LogP contribution in [0.5, 0.6) is 5.75 Å². The van der Waals surface area contributed by atoms with E-state index < -0.39 is 40.8 Å². The van der Waals surface area contributed by atoms with Crippen LogP contribution >= 0.6 is 0 Å². The second-order valence-corrected chi connectivity index (χ2v) is 7.94. The number of hydrogen-bond acceptors (Lipinski definition) is 5. The largest absolute Gasteiger partial charge is 0.502 e. The summed E-state index contributed by atoms with van der Waals surface area (Å²) in [6.45, 7) is 0.973. The van der Waals surface area contributed by atoms with Crippen molar-refractivity contribution in [2.75, 3.05) is 13.1 Å². The summed E-state index contributed by atoms with van der Waals surface area (Å²) in [4.78, 5) is 25.3. The lowest BCUT2D eigenvalue weighted by molar-refractivity contribution is -0.103. The first-order chi connectivity index (χ1) is 15.5. The third-order valence-corrected chi connectivity index (χ3v) is 6.05. The number of halogens is 2. The molecule has 0 bridgehead atoms. The molecule has 2 aliphatic heterocycles. The van der Waals surface area contributed by atoms with Crippen LogP contribution in [0.3, 0.4) is 0 Å². The lowest BCUT2D eigenvalue weighted by Crippen LogP contribution is -2.59. The van der Waals surface area contributed by atoms with E-state index in [1.807, 2.05) is 5.01 Å². The van der Waals surface area contributed by atoms with Crippen LogP contribution in [0.25, 0.3) is 0 Å². The minimum absolute atomic E-state index is 0.185. The minimum Gasteiger partial charge on any atom is -0.502 e. The first-order valence-corrected chi connectivity index (χ1v) is 10.4. The molecule has 32 heavy (non-hydrogen) atoms. The number of hydrogen-bond donors (Lipinski definition) is 1. The van der Waals surface area contributed by atoms with Gasteiger partial charge in [0.25, 0.3) is 5.91 Å². The molecular weight excluding hydrogens is 418 g/mol. The van der Waals surface area contributed by atoms with Crippen molar-refractivity contribution in [1.29, 1.82) is 0 Å². The number of amides is 1. The van der Waals surface area contributed by atoms with E-state index in [0.717, 1.165) is 19.0 Å². The van der Waals surface area contributed by atoms with Crippen molar-refractivity contribution < 1.29 is 18.7 Å². The van der Waals surface area contributed by atoms with Crippen LogP contribution in [-0.2, 0) is 0 Å². The number of carbonyl (C=O) groups is 1. The number of aromatic nitrogens is 2. The Labute approximate surface area is 182 Å². The molecule has 1 aromatic heterocycles. The standard InChI is InChI=1S/C23H20F2N4O3/c24-16-7-3-14(4-8-16)19(15-5-9-17(25)10-6-15)22-27-11-1-2-12-28(27)23(32)20-21(31)18(30)13-26-29(20)22/h3-10,13,19,22,31H,1-2,11-12H2. The Morgan fingerprint density at radius 2 is 1.47 bits per heavy atom. The number of hydrazine groups is 1. The predicted molar refractivity (Wildman–Crippen MR) is 111 cm³/mol. The summed E-state index contributed by atoms with van der Waals surface area (Å²) >= 11 is 0.